The topological polar surface area (TPSA) is 23.5 Å². The Hall–Kier alpha value is -0.130. The molecule has 2 nitrogen and oxygen atoms in total. The SMILES string of the molecule is OC1CCN(Cc2ccccc2)CC1CI. The molecule has 16 heavy (non-hydrogen) atoms. The van der Waals surface area contributed by atoms with Crippen molar-refractivity contribution in [1.82, 2.24) is 4.90 Å². The molecule has 0 aromatic heterocycles. The van der Waals surface area contributed by atoms with Crippen LogP contribution in [-0.4, -0.2) is 33.6 Å². The second kappa shape index (κ2) is 5.98. The number of hydrogen-bond acceptors (Lipinski definition) is 2. The van der Waals surface area contributed by atoms with Crippen LogP contribution in [0.4, 0.5) is 0 Å². The lowest BCUT2D eigenvalue weighted by atomic mass is 9.96. The molecule has 1 saturated heterocycles. The van der Waals surface area contributed by atoms with Gasteiger partial charge in [0.25, 0.3) is 0 Å². The third-order valence-corrected chi connectivity index (χ3v) is 4.36. The molecule has 0 aliphatic carbocycles. The summed E-state index contributed by atoms with van der Waals surface area (Å²) in [5.74, 6) is 0.443. The highest BCUT2D eigenvalue weighted by Crippen LogP contribution is 2.20. The van der Waals surface area contributed by atoms with Gasteiger partial charge in [-0.15, -0.1) is 0 Å². The number of halogens is 1. The largest absolute Gasteiger partial charge is 0.393 e. The predicted molar refractivity (Wildman–Crippen MR) is 74.7 cm³/mol. The molecule has 0 spiro atoms. The van der Waals surface area contributed by atoms with Gasteiger partial charge in [-0.3, -0.25) is 4.90 Å². The van der Waals surface area contributed by atoms with E-state index in [0.717, 1.165) is 30.5 Å². The fourth-order valence-electron chi connectivity index (χ4n) is 2.23. The van der Waals surface area contributed by atoms with Gasteiger partial charge in [0, 0.05) is 30.0 Å². The van der Waals surface area contributed by atoms with Crippen LogP contribution in [0.3, 0.4) is 0 Å². The molecule has 3 heteroatoms. The van der Waals surface area contributed by atoms with Gasteiger partial charge in [0.15, 0.2) is 0 Å². The van der Waals surface area contributed by atoms with E-state index in [2.05, 4.69) is 57.8 Å². The summed E-state index contributed by atoms with van der Waals surface area (Å²) in [6, 6.07) is 10.6. The molecule has 1 heterocycles. The number of benzene rings is 1. The lowest BCUT2D eigenvalue weighted by Crippen LogP contribution is -2.43. The van der Waals surface area contributed by atoms with Crippen LogP contribution < -0.4 is 0 Å². The Morgan fingerprint density at radius 1 is 1.31 bits per heavy atom. The average Bonchev–Trinajstić information content (AvgIpc) is 2.33. The molecular formula is C13H18INO. The van der Waals surface area contributed by atoms with Crippen LogP contribution in [0.1, 0.15) is 12.0 Å². The zero-order valence-corrected chi connectivity index (χ0v) is 11.5. The lowest BCUT2D eigenvalue weighted by molar-refractivity contribution is 0.0353. The van der Waals surface area contributed by atoms with E-state index in [1.165, 1.54) is 5.56 Å². The second-order valence-electron chi connectivity index (χ2n) is 4.49. The third-order valence-electron chi connectivity index (χ3n) is 3.23. The Morgan fingerprint density at radius 3 is 2.75 bits per heavy atom. The molecule has 2 unspecified atom stereocenters. The van der Waals surface area contributed by atoms with Crippen molar-refractivity contribution in [2.75, 3.05) is 17.5 Å². The van der Waals surface area contributed by atoms with Crippen molar-refractivity contribution in [1.29, 1.82) is 0 Å². The number of piperidine rings is 1. The smallest absolute Gasteiger partial charge is 0.0600 e. The fourth-order valence-corrected chi connectivity index (χ4v) is 3.10. The summed E-state index contributed by atoms with van der Waals surface area (Å²) < 4.78 is 1.05. The summed E-state index contributed by atoms with van der Waals surface area (Å²) in [6.07, 6.45) is 0.824. The minimum absolute atomic E-state index is 0.0936. The van der Waals surface area contributed by atoms with Gasteiger partial charge in [0.05, 0.1) is 6.10 Å². The highest BCUT2D eigenvalue weighted by Gasteiger charge is 2.26. The maximum absolute atomic E-state index is 9.82. The zero-order valence-electron chi connectivity index (χ0n) is 9.35. The monoisotopic (exact) mass is 331 g/mol. The fraction of sp³-hybridized carbons (Fsp3) is 0.538. The Balaban J connectivity index is 1.92. The Kier molecular flexibility index (Phi) is 4.61. The molecule has 1 fully saturated rings. The van der Waals surface area contributed by atoms with E-state index in [1.807, 2.05) is 0 Å². The van der Waals surface area contributed by atoms with Crippen LogP contribution in [0.25, 0.3) is 0 Å². The first-order valence-corrected chi connectivity index (χ1v) is 7.32. The summed E-state index contributed by atoms with van der Waals surface area (Å²) in [5.41, 5.74) is 1.37. The standard InChI is InChI=1S/C13H18INO/c14-8-12-10-15(7-6-13(12)16)9-11-4-2-1-3-5-11/h1-5,12-13,16H,6-10H2. The Bertz CT molecular complexity index is 317. The number of aliphatic hydroxyl groups excluding tert-OH is 1. The zero-order chi connectivity index (χ0) is 11.4. The minimum Gasteiger partial charge on any atom is -0.393 e. The van der Waals surface area contributed by atoms with Crippen LogP contribution in [0, 0.1) is 5.92 Å². The predicted octanol–water partition coefficient (Wildman–Crippen LogP) is 2.30. The average molecular weight is 331 g/mol. The van der Waals surface area contributed by atoms with E-state index in [0.29, 0.717) is 5.92 Å². The minimum atomic E-state index is -0.0936. The number of likely N-dealkylation sites (tertiary alicyclic amines) is 1. The van der Waals surface area contributed by atoms with E-state index in [-0.39, 0.29) is 6.10 Å². The van der Waals surface area contributed by atoms with Gasteiger partial charge < -0.3 is 5.11 Å². The molecule has 2 rings (SSSR count). The molecule has 0 radical (unpaired) electrons. The van der Waals surface area contributed by atoms with Gasteiger partial charge in [-0.25, -0.2) is 0 Å². The number of alkyl halides is 1. The highest BCUT2D eigenvalue weighted by atomic mass is 127. The van der Waals surface area contributed by atoms with Gasteiger partial charge in [-0.2, -0.15) is 0 Å². The van der Waals surface area contributed by atoms with E-state index in [4.69, 9.17) is 0 Å². The number of aliphatic hydroxyl groups is 1. The molecule has 1 aliphatic heterocycles. The molecule has 0 bridgehead atoms. The second-order valence-corrected chi connectivity index (χ2v) is 5.37. The number of nitrogens with zero attached hydrogens (tertiary/aromatic N) is 1. The van der Waals surface area contributed by atoms with Gasteiger partial charge >= 0.3 is 0 Å². The van der Waals surface area contributed by atoms with Crippen molar-refractivity contribution in [2.45, 2.75) is 19.1 Å². The van der Waals surface area contributed by atoms with Gasteiger partial charge in [-0.05, 0) is 12.0 Å². The first-order chi connectivity index (χ1) is 7.79. The Labute approximate surface area is 111 Å². The van der Waals surface area contributed by atoms with Crippen LogP contribution in [-0.2, 0) is 6.54 Å². The number of rotatable bonds is 3. The quantitative estimate of drug-likeness (QED) is 0.679. The summed E-state index contributed by atoms with van der Waals surface area (Å²) in [5, 5.41) is 9.82. The molecule has 2 atom stereocenters. The third kappa shape index (κ3) is 3.18. The van der Waals surface area contributed by atoms with Crippen molar-refractivity contribution in [3.63, 3.8) is 0 Å². The van der Waals surface area contributed by atoms with E-state index in [1.54, 1.807) is 0 Å². The molecule has 1 aromatic rings. The van der Waals surface area contributed by atoms with Gasteiger partial charge in [-0.1, -0.05) is 52.9 Å². The lowest BCUT2D eigenvalue weighted by Gasteiger charge is -2.35. The molecular weight excluding hydrogens is 313 g/mol. The summed E-state index contributed by atoms with van der Waals surface area (Å²) in [6.45, 7) is 3.06. The van der Waals surface area contributed by atoms with Crippen molar-refractivity contribution >= 4 is 22.6 Å². The van der Waals surface area contributed by atoms with Gasteiger partial charge in [0.1, 0.15) is 0 Å². The van der Waals surface area contributed by atoms with Crippen LogP contribution in [0.5, 0.6) is 0 Å². The van der Waals surface area contributed by atoms with E-state index in [9.17, 15) is 5.11 Å². The Morgan fingerprint density at radius 2 is 2.06 bits per heavy atom. The van der Waals surface area contributed by atoms with E-state index >= 15 is 0 Å². The van der Waals surface area contributed by atoms with Crippen LogP contribution >= 0.6 is 22.6 Å². The summed E-state index contributed by atoms with van der Waals surface area (Å²) >= 11 is 2.38. The van der Waals surface area contributed by atoms with Crippen LogP contribution in [0.2, 0.25) is 0 Å². The molecule has 1 aromatic carbocycles. The van der Waals surface area contributed by atoms with E-state index < -0.39 is 0 Å². The van der Waals surface area contributed by atoms with Crippen LogP contribution in [0.15, 0.2) is 30.3 Å². The number of hydrogen-bond donors (Lipinski definition) is 1. The maximum atomic E-state index is 9.82. The molecule has 1 N–H and O–H groups in total. The van der Waals surface area contributed by atoms with Crippen molar-refractivity contribution in [3.8, 4) is 0 Å². The van der Waals surface area contributed by atoms with Crippen molar-refractivity contribution in [3.05, 3.63) is 35.9 Å². The molecule has 0 amide bonds. The molecule has 0 saturated carbocycles. The summed E-state index contributed by atoms with van der Waals surface area (Å²) in [4.78, 5) is 2.45. The summed E-state index contributed by atoms with van der Waals surface area (Å²) in [7, 11) is 0. The molecule has 88 valence electrons. The molecule has 1 aliphatic rings. The van der Waals surface area contributed by atoms with Gasteiger partial charge in [0.2, 0.25) is 0 Å². The van der Waals surface area contributed by atoms with Crippen molar-refractivity contribution < 1.29 is 5.11 Å². The maximum Gasteiger partial charge on any atom is 0.0600 e. The first kappa shape index (κ1) is 12.3. The normalized spacial score (nSPS) is 26.9. The first-order valence-electron chi connectivity index (χ1n) is 5.80. The van der Waals surface area contributed by atoms with Crippen molar-refractivity contribution in [2.24, 2.45) is 5.92 Å². The highest BCUT2D eigenvalue weighted by molar-refractivity contribution is 14.1.